The van der Waals surface area contributed by atoms with E-state index in [2.05, 4.69) is 9.97 Å². The predicted octanol–water partition coefficient (Wildman–Crippen LogP) is 2.91. The van der Waals surface area contributed by atoms with E-state index in [0.717, 1.165) is 0 Å². The summed E-state index contributed by atoms with van der Waals surface area (Å²) in [6.07, 6.45) is 0. The van der Waals surface area contributed by atoms with Gasteiger partial charge in [-0.05, 0) is 35.9 Å². The maximum Gasteiger partial charge on any atom is 0.222 e. The van der Waals surface area contributed by atoms with Crippen LogP contribution in [0.2, 0.25) is 0 Å². The number of aromatic nitrogens is 2. The summed E-state index contributed by atoms with van der Waals surface area (Å²) in [5.41, 5.74) is 13.1. The van der Waals surface area contributed by atoms with Gasteiger partial charge in [0.05, 0.1) is 12.8 Å². The lowest BCUT2D eigenvalue weighted by Gasteiger charge is -2.13. The first-order valence-electron chi connectivity index (χ1n) is 7.90. The maximum atomic E-state index is 13.3. The van der Waals surface area contributed by atoms with Crippen molar-refractivity contribution in [1.82, 2.24) is 9.97 Å². The Morgan fingerprint density at radius 1 is 1.11 bits per heavy atom. The number of hydrogen-bond acceptors (Lipinski definition) is 7. The largest absolute Gasteiger partial charge is 0.493 e. The van der Waals surface area contributed by atoms with Crippen molar-refractivity contribution in [2.45, 2.75) is 6.61 Å². The molecule has 2 aromatic carbocycles. The van der Waals surface area contributed by atoms with Crippen LogP contribution in [-0.2, 0) is 6.61 Å². The highest BCUT2D eigenvalue weighted by Gasteiger charge is 2.16. The molecular weight excluding hydrogens is 349 g/mol. The number of nitriles is 1. The highest BCUT2D eigenvalue weighted by molar-refractivity contribution is 5.74. The molecule has 0 saturated heterocycles. The molecule has 136 valence electrons. The van der Waals surface area contributed by atoms with Crippen LogP contribution >= 0.6 is 0 Å². The highest BCUT2D eigenvalue weighted by Crippen LogP contribution is 2.34. The Morgan fingerprint density at radius 3 is 2.63 bits per heavy atom. The first-order valence-corrected chi connectivity index (χ1v) is 7.90. The number of ether oxygens (including phenoxy) is 2. The summed E-state index contributed by atoms with van der Waals surface area (Å²) in [6, 6.07) is 13.1. The Hall–Kier alpha value is -3.86. The van der Waals surface area contributed by atoms with E-state index in [1.165, 1.54) is 19.2 Å². The van der Waals surface area contributed by atoms with Crippen molar-refractivity contribution in [2.75, 3.05) is 18.6 Å². The maximum absolute atomic E-state index is 13.3. The number of anilines is 2. The minimum Gasteiger partial charge on any atom is -0.493 e. The summed E-state index contributed by atoms with van der Waals surface area (Å²) in [4.78, 5) is 7.92. The molecule has 0 amide bonds. The lowest BCUT2D eigenvalue weighted by atomic mass is 10.1. The SMILES string of the molecule is COc1ccc(-c2nc(N)nc(N)c2C#N)cc1OCc1cccc(F)c1. The zero-order chi connectivity index (χ0) is 19.4. The van der Waals surface area contributed by atoms with Crippen LogP contribution in [0, 0.1) is 17.1 Å². The van der Waals surface area contributed by atoms with Crippen molar-refractivity contribution in [3.63, 3.8) is 0 Å². The van der Waals surface area contributed by atoms with E-state index >= 15 is 0 Å². The second-order valence-electron chi connectivity index (χ2n) is 5.59. The van der Waals surface area contributed by atoms with Crippen LogP contribution in [0.25, 0.3) is 11.3 Å². The first kappa shape index (κ1) is 17.9. The summed E-state index contributed by atoms with van der Waals surface area (Å²) in [7, 11) is 1.51. The molecule has 0 bridgehead atoms. The first-order chi connectivity index (χ1) is 13.0. The van der Waals surface area contributed by atoms with Crippen LogP contribution in [0.5, 0.6) is 11.5 Å². The fourth-order valence-electron chi connectivity index (χ4n) is 2.54. The van der Waals surface area contributed by atoms with Gasteiger partial charge < -0.3 is 20.9 Å². The molecule has 7 nitrogen and oxygen atoms in total. The van der Waals surface area contributed by atoms with Gasteiger partial charge in [-0.1, -0.05) is 12.1 Å². The molecule has 1 aromatic heterocycles. The minimum absolute atomic E-state index is 0.00181. The Kier molecular flexibility index (Phi) is 5.04. The lowest BCUT2D eigenvalue weighted by molar-refractivity contribution is 0.284. The quantitative estimate of drug-likeness (QED) is 0.713. The van der Waals surface area contributed by atoms with E-state index in [1.807, 2.05) is 6.07 Å². The zero-order valence-corrected chi connectivity index (χ0v) is 14.4. The molecule has 0 radical (unpaired) electrons. The van der Waals surface area contributed by atoms with Crippen LogP contribution in [0.3, 0.4) is 0 Å². The summed E-state index contributed by atoms with van der Waals surface area (Å²) in [5.74, 6) is 0.488. The van der Waals surface area contributed by atoms with Gasteiger partial charge in [0.1, 0.15) is 29.9 Å². The number of halogens is 1. The molecule has 0 spiro atoms. The third kappa shape index (κ3) is 3.88. The number of nitrogens with zero attached hydrogens (tertiary/aromatic N) is 3. The van der Waals surface area contributed by atoms with Crippen molar-refractivity contribution in [3.8, 4) is 28.8 Å². The van der Waals surface area contributed by atoms with Crippen LogP contribution in [-0.4, -0.2) is 17.1 Å². The van der Waals surface area contributed by atoms with Crippen molar-refractivity contribution in [3.05, 3.63) is 59.4 Å². The molecule has 0 saturated carbocycles. The third-order valence-corrected chi connectivity index (χ3v) is 3.79. The van der Waals surface area contributed by atoms with E-state index in [1.54, 1.807) is 30.3 Å². The summed E-state index contributed by atoms with van der Waals surface area (Å²) in [6.45, 7) is 0.136. The predicted molar refractivity (Wildman–Crippen MR) is 98.3 cm³/mol. The number of nitrogens with two attached hydrogens (primary N) is 2. The van der Waals surface area contributed by atoms with Gasteiger partial charge in [-0.3, -0.25) is 0 Å². The lowest BCUT2D eigenvalue weighted by Crippen LogP contribution is -2.05. The molecule has 4 N–H and O–H groups in total. The molecule has 0 aliphatic heterocycles. The van der Waals surface area contributed by atoms with E-state index in [9.17, 15) is 9.65 Å². The monoisotopic (exact) mass is 365 g/mol. The van der Waals surface area contributed by atoms with E-state index in [0.29, 0.717) is 28.3 Å². The second-order valence-corrected chi connectivity index (χ2v) is 5.59. The van der Waals surface area contributed by atoms with Gasteiger partial charge in [-0.25, -0.2) is 9.37 Å². The molecule has 3 rings (SSSR count). The van der Waals surface area contributed by atoms with Gasteiger partial charge in [-0.2, -0.15) is 10.2 Å². The smallest absolute Gasteiger partial charge is 0.222 e. The number of rotatable bonds is 5. The van der Waals surface area contributed by atoms with Gasteiger partial charge in [0.2, 0.25) is 5.95 Å². The summed E-state index contributed by atoms with van der Waals surface area (Å²) in [5, 5.41) is 9.36. The number of hydrogen-bond donors (Lipinski definition) is 2. The van der Waals surface area contributed by atoms with Crippen molar-refractivity contribution < 1.29 is 13.9 Å². The Labute approximate surface area is 155 Å². The molecule has 27 heavy (non-hydrogen) atoms. The van der Waals surface area contributed by atoms with E-state index in [4.69, 9.17) is 20.9 Å². The fraction of sp³-hybridized carbons (Fsp3) is 0.105. The van der Waals surface area contributed by atoms with Crippen LogP contribution in [0.1, 0.15) is 11.1 Å². The molecule has 1 heterocycles. The van der Waals surface area contributed by atoms with Gasteiger partial charge in [0.15, 0.2) is 11.5 Å². The topological polar surface area (TPSA) is 120 Å². The average Bonchev–Trinajstić information content (AvgIpc) is 2.65. The standard InChI is InChI=1S/C19H16FN5O2/c1-26-15-6-5-12(17-14(9-21)18(22)25-19(23)24-17)8-16(15)27-10-11-3-2-4-13(20)7-11/h2-8H,10H2,1H3,(H4,22,23,24,25). The molecule has 0 atom stereocenters. The van der Waals surface area contributed by atoms with E-state index in [-0.39, 0.29) is 29.8 Å². The summed E-state index contributed by atoms with van der Waals surface area (Å²) >= 11 is 0. The van der Waals surface area contributed by atoms with Gasteiger partial charge >= 0.3 is 0 Å². The highest BCUT2D eigenvalue weighted by atomic mass is 19.1. The Bertz CT molecular complexity index is 1030. The normalized spacial score (nSPS) is 10.3. The van der Waals surface area contributed by atoms with Crippen LogP contribution in [0.15, 0.2) is 42.5 Å². The number of benzene rings is 2. The molecule has 0 fully saturated rings. The van der Waals surface area contributed by atoms with Gasteiger partial charge in [0, 0.05) is 5.56 Å². The van der Waals surface area contributed by atoms with Crippen LogP contribution < -0.4 is 20.9 Å². The molecule has 0 aliphatic carbocycles. The molecule has 3 aromatic rings. The summed E-state index contributed by atoms with van der Waals surface area (Å²) < 4.78 is 24.4. The number of methoxy groups -OCH3 is 1. The van der Waals surface area contributed by atoms with Gasteiger partial charge in [0.25, 0.3) is 0 Å². The van der Waals surface area contributed by atoms with Gasteiger partial charge in [-0.15, -0.1) is 0 Å². The molecular formula is C19H16FN5O2. The van der Waals surface area contributed by atoms with Crippen LogP contribution in [0.4, 0.5) is 16.2 Å². The van der Waals surface area contributed by atoms with Crippen molar-refractivity contribution in [2.24, 2.45) is 0 Å². The van der Waals surface area contributed by atoms with Crippen molar-refractivity contribution in [1.29, 1.82) is 5.26 Å². The zero-order valence-electron chi connectivity index (χ0n) is 14.4. The Morgan fingerprint density at radius 2 is 1.93 bits per heavy atom. The molecule has 8 heteroatoms. The van der Waals surface area contributed by atoms with Crippen molar-refractivity contribution >= 4 is 11.8 Å². The fourth-order valence-corrected chi connectivity index (χ4v) is 2.54. The minimum atomic E-state index is -0.345. The van der Waals surface area contributed by atoms with E-state index < -0.39 is 0 Å². The Balaban J connectivity index is 1.98. The third-order valence-electron chi connectivity index (χ3n) is 3.79. The average molecular weight is 365 g/mol. The number of nitrogen functional groups attached to an aromatic ring is 2. The molecule has 0 unspecified atom stereocenters. The molecule has 0 aliphatic rings. The second kappa shape index (κ2) is 7.58.